The van der Waals surface area contributed by atoms with E-state index in [4.69, 9.17) is 0 Å². The van der Waals surface area contributed by atoms with Crippen molar-refractivity contribution in [2.75, 3.05) is 42.9 Å². The van der Waals surface area contributed by atoms with Crippen molar-refractivity contribution in [3.05, 3.63) is 42.2 Å². The van der Waals surface area contributed by atoms with Crippen molar-refractivity contribution in [3.63, 3.8) is 0 Å². The van der Waals surface area contributed by atoms with Gasteiger partial charge in [0.15, 0.2) is 0 Å². The first-order valence-corrected chi connectivity index (χ1v) is 8.66. The molecule has 2 aliphatic rings. The van der Waals surface area contributed by atoms with Crippen molar-refractivity contribution >= 4 is 11.4 Å². The molecule has 2 aromatic rings. The van der Waals surface area contributed by atoms with Crippen LogP contribution in [0.4, 0.5) is 11.4 Å². The Kier molecular flexibility index (Phi) is 4.20. The largest absolute Gasteiger partial charge is 0.379 e. The third-order valence-electron chi connectivity index (χ3n) is 4.84. The molecule has 4 rings (SSSR count). The summed E-state index contributed by atoms with van der Waals surface area (Å²) < 4.78 is 0. The lowest BCUT2D eigenvalue weighted by molar-refractivity contribution is 0.248. The van der Waals surface area contributed by atoms with E-state index in [-0.39, 0.29) is 0 Å². The van der Waals surface area contributed by atoms with Crippen LogP contribution in [-0.4, -0.2) is 47.8 Å². The predicted octanol–water partition coefficient (Wildman–Crippen LogP) is 2.55. The lowest BCUT2D eigenvalue weighted by Crippen LogP contribution is -2.47. The minimum absolute atomic E-state index is 0.776. The van der Waals surface area contributed by atoms with Gasteiger partial charge in [-0.15, -0.1) is 0 Å². The van der Waals surface area contributed by atoms with E-state index in [1.165, 1.54) is 38.2 Å². The zero-order valence-electron chi connectivity index (χ0n) is 13.5. The van der Waals surface area contributed by atoms with Gasteiger partial charge >= 0.3 is 0 Å². The van der Waals surface area contributed by atoms with Gasteiger partial charge in [0, 0.05) is 50.3 Å². The number of piperazine rings is 1. The van der Waals surface area contributed by atoms with E-state index in [1.807, 2.05) is 6.07 Å². The van der Waals surface area contributed by atoms with Gasteiger partial charge in [-0.3, -0.25) is 10.00 Å². The summed E-state index contributed by atoms with van der Waals surface area (Å²) in [5.74, 6) is 0.997. The van der Waals surface area contributed by atoms with E-state index < -0.39 is 0 Å². The highest BCUT2D eigenvalue weighted by Crippen LogP contribution is 2.30. The summed E-state index contributed by atoms with van der Waals surface area (Å²) in [7, 11) is 0. The lowest BCUT2D eigenvalue weighted by atomic mass is 10.2. The van der Waals surface area contributed by atoms with Gasteiger partial charge in [-0.05, 0) is 43.0 Å². The van der Waals surface area contributed by atoms with Gasteiger partial charge in [0.1, 0.15) is 0 Å². The maximum atomic E-state index is 3.98. The summed E-state index contributed by atoms with van der Waals surface area (Å²) in [6.07, 6.45) is 4.68. The number of aromatic nitrogens is 2. The fourth-order valence-electron chi connectivity index (χ4n) is 3.25. The molecule has 0 amide bonds. The molecule has 1 aromatic carbocycles. The zero-order valence-corrected chi connectivity index (χ0v) is 13.5. The molecular weight excluding hydrogens is 286 g/mol. The molecule has 1 saturated carbocycles. The average Bonchev–Trinajstić information content (AvgIpc) is 3.25. The molecule has 0 bridgehead atoms. The molecule has 0 unspecified atom stereocenters. The Morgan fingerprint density at radius 2 is 2.00 bits per heavy atom. The molecule has 0 spiro atoms. The smallest absolute Gasteiger partial charge is 0.0567 e. The second kappa shape index (κ2) is 6.62. The van der Waals surface area contributed by atoms with Gasteiger partial charge in [-0.1, -0.05) is 6.07 Å². The molecule has 0 radical (unpaired) electrons. The fraction of sp³-hybridized carbons (Fsp3) is 0.500. The number of H-pyrrole nitrogens is 1. The number of nitrogens with zero attached hydrogens (tertiary/aromatic N) is 3. The molecule has 2 N–H and O–H groups in total. The van der Waals surface area contributed by atoms with Crippen LogP contribution >= 0.6 is 0 Å². The van der Waals surface area contributed by atoms with Crippen molar-refractivity contribution < 1.29 is 0 Å². The van der Waals surface area contributed by atoms with Crippen LogP contribution in [-0.2, 0) is 6.54 Å². The quantitative estimate of drug-likeness (QED) is 0.861. The summed E-state index contributed by atoms with van der Waals surface area (Å²) in [6, 6.07) is 10.7. The first kappa shape index (κ1) is 14.6. The molecular formula is C18H25N5. The van der Waals surface area contributed by atoms with Gasteiger partial charge in [0.2, 0.25) is 0 Å². The van der Waals surface area contributed by atoms with Crippen LogP contribution in [0.5, 0.6) is 0 Å². The SMILES string of the molecule is c1cc(NCc2ccn[nH]2)cc(N2CCN(CC3CC3)CC2)c1. The van der Waals surface area contributed by atoms with Gasteiger partial charge in [0.25, 0.3) is 0 Å². The van der Waals surface area contributed by atoms with Crippen molar-refractivity contribution in [1.29, 1.82) is 0 Å². The van der Waals surface area contributed by atoms with Crippen LogP contribution < -0.4 is 10.2 Å². The van der Waals surface area contributed by atoms with Crippen LogP contribution in [0.2, 0.25) is 0 Å². The Morgan fingerprint density at radius 3 is 2.74 bits per heavy atom. The van der Waals surface area contributed by atoms with E-state index in [9.17, 15) is 0 Å². The summed E-state index contributed by atoms with van der Waals surface area (Å²) in [5.41, 5.74) is 3.59. The number of hydrogen-bond acceptors (Lipinski definition) is 4. The Morgan fingerprint density at radius 1 is 1.13 bits per heavy atom. The van der Waals surface area contributed by atoms with Crippen LogP contribution in [0.25, 0.3) is 0 Å². The number of nitrogens with one attached hydrogen (secondary N) is 2. The Balaban J connectivity index is 1.32. The second-order valence-electron chi connectivity index (χ2n) is 6.72. The number of hydrogen-bond donors (Lipinski definition) is 2. The van der Waals surface area contributed by atoms with Crippen molar-refractivity contribution in [2.24, 2.45) is 5.92 Å². The maximum absolute atomic E-state index is 3.98. The molecule has 1 aliphatic carbocycles. The van der Waals surface area contributed by atoms with E-state index >= 15 is 0 Å². The third kappa shape index (κ3) is 3.85. The highest BCUT2D eigenvalue weighted by atomic mass is 15.3. The van der Waals surface area contributed by atoms with Crippen LogP contribution in [0.3, 0.4) is 0 Å². The summed E-state index contributed by atoms with van der Waals surface area (Å²) in [5, 5.41) is 10.4. The van der Waals surface area contributed by atoms with E-state index in [0.717, 1.165) is 36.9 Å². The summed E-state index contributed by atoms with van der Waals surface area (Å²) in [4.78, 5) is 5.14. The van der Waals surface area contributed by atoms with Crippen LogP contribution in [0, 0.1) is 5.92 Å². The maximum Gasteiger partial charge on any atom is 0.0567 e. The minimum atomic E-state index is 0.776. The molecule has 0 atom stereocenters. The third-order valence-corrected chi connectivity index (χ3v) is 4.84. The average molecular weight is 311 g/mol. The molecule has 1 aliphatic heterocycles. The summed E-state index contributed by atoms with van der Waals surface area (Å²) >= 11 is 0. The van der Waals surface area contributed by atoms with E-state index in [2.05, 4.69) is 49.6 Å². The molecule has 122 valence electrons. The number of benzene rings is 1. The van der Waals surface area contributed by atoms with Crippen molar-refractivity contribution in [3.8, 4) is 0 Å². The molecule has 1 aromatic heterocycles. The highest BCUT2D eigenvalue weighted by Gasteiger charge is 2.26. The van der Waals surface area contributed by atoms with Gasteiger partial charge in [-0.2, -0.15) is 5.10 Å². The molecule has 1 saturated heterocycles. The normalized spacial score (nSPS) is 19.0. The van der Waals surface area contributed by atoms with E-state index in [1.54, 1.807) is 6.20 Å². The first-order valence-electron chi connectivity index (χ1n) is 8.66. The van der Waals surface area contributed by atoms with Crippen molar-refractivity contribution in [2.45, 2.75) is 19.4 Å². The topological polar surface area (TPSA) is 47.2 Å². The molecule has 5 heteroatoms. The highest BCUT2D eigenvalue weighted by molar-refractivity contribution is 5.58. The number of rotatable bonds is 6. The van der Waals surface area contributed by atoms with Gasteiger partial charge < -0.3 is 10.2 Å². The predicted molar refractivity (Wildman–Crippen MR) is 93.7 cm³/mol. The van der Waals surface area contributed by atoms with Crippen LogP contribution in [0.15, 0.2) is 36.5 Å². The van der Waals surface area contributed by atoms with Gasteiger partial charge in [0.05, 0.1) is 12.2 Å². The number of aromatic amines is 1. The molecule has 2 fully saturated rings. The van der Waals surface area contributed by atoms with Crippen molar-refractivity contribution in [1.82, 2.24) is 15.1 Å². The molecule has 5 nitrogen and oxygen atoms in total. The number of anilines is 2. The van der Waals surface area contributed by atoms with Gasteiger partial charge in [-0.25, -0.2) is 0 Å². The van der Waals surface area contributed by atoms with Crippen LogP contribution in [0.1, 0.15) is 18.5 Å². The lowest BCUT2D eigenvalue weighted by Gasteiger charge is -2.36. The zero-order chi connectivity index (χ0) is 15.5. The second-order valence-corrected chi connectivity index (χ2v) is 6.72. The fourth-order valence-corrected chi connectivity index (χ4v) is 3.25. The Hall–Kier alpha value is -2.01. The Bertz CT molecular complexity index is 612. The Labute approximate surface area is 137 Å². The summed E-state index contributed by atoms with van der Waals surface area (Å²) in [6.45, 7) is 6.76. The molecule has 23 heavy (non-hydrogen) atoms. The standard InChI is InChI=1S/C18H25N5/c1-2-16(19-13-17-6-7-20-21-17)12-18(3-1)23-10-8-22(9-11-23)14-15-4-5-15/h1-3,6-7,12,15,19H,4-5,8-11,13-14H2,(H,20,21). The monoisotopic (exact) mass is 311 g/mol. The minimum Gasteiger partial charge on any atom is -0.379 e. The first-order chi connectivity index (χ1) is 11.4. The molecule has 2 heterocycles. The van der Waals surface area contributed by atoms with E-state index in [0.29, 0.717) is 0 Å².